The second-order valence-corrected chi connectivity index (χ2v) is 7.49. The van der Waals surface area contributed by atoms with Crippen molar-refractivity contribution < 1.29 is 22.7 Å². The van der Waals surface area contributed by atoms with Crippen LogP contribution in [0.15, 0.2) is 15.3 Å². The zero-order valence-electron chi connectivity index (χ0n) is 15.8. The van der Waals surface area contributed by atoms with E-state index in [1.54, 1.807) is 4.90 Å². The number of aromatic nitrogens is 3. The molecule has 2 aromatic heterocycles. The van der Waals surface area contributed by atoms with Gasteiger partial charge in [-0.1, -0.05) is 6.42 Å². The molecule has 8 nitrogen and oxygen atoms in total. The standard InChI is InChI=1S/C18H22F3N5O3/c19-18(20,21)17-23-22-15-11-25(6-7-26(15)17)10-14-16(28)13(27)8-12(29-14)9-24-4-2-1-3-5-24/h8,28H,1-7,9-11H2. The third-order valence-corrected chi connectivity index (χ3v) is 5.33. The van der Waals surface area contributed by atoms with Crippen molar-refractivity contribution in [2.75, 3.05) is 19.6 Å². The van der Waals surface area contributed by atoms with E-state index in [-0.39, 0.29) is 37.8 Å². The van der Waals surface area contributed by atoms with E-state index < -0.39 is 23.2 Å². The van der Waals surface area contributed by atoms with Gasteiger partial charge in [-0.2, -0.15) is 13.2 Å². The minimum atomic E-state index is -4.55. The van der Waals surface area contributed by atoms with Crippen molar-refractivity contribution in [3.8, 4) is 5.75 Å². The number of alkyl halides is 3. The van der Waals surface area contributed by atoms with Gasteiger partial charge >= 0.3 is 6.18 Å². The molecule has 0 spiro atoms. The summed E-state index contributed by atoms with van der Waals surface area (Å²) in [5.74, 6) is -0.687. The van der Waals surface area contributed by atoms with Crippen molar-refractivity contribution in [1.29, 1.82) is 0 Å². The fraction of sp³-hybridized carbons (Fsp3) is 0.611. The number of halogens is 3. The first-order chi connectivity index (χ1) is 13.8. The molecule has 1 saturated heterocycles. The average molecular weight is 413 g/mol. The van der Waals surface area contributed by atoms with Crippen LogP contribution in [0.1, 0.15) is 42.4 Å². The van der Waals surface area contributed by atoms with E-state index in [4.69, 9.17) is 4.42 Å². The molecule has 4 heterocycles. The SMILES string of the molecule is O=c1cc(CN2CCCCC2)oc(CN2CCn3c(nnc3C(F)(F)F)C2)c1O. The first-order valence-corrected chi connectivity index (χ1v) is 9.60. The molecule has 1 fully saturated rings. The van der Waals surface area contributed by atoms with Gasteiger partial charge in [-0.25, -0.2) is 0 Å². The van der Waals surface area contributed by atoms with Gasteiger partial charge in [0.1, 0.15) is 11.6 Å². The minimum absolute atomic E-state index is 0.0651. The van der Waals surface area contributed by atoms with Crippen molar-refractivity contribution >= 4 is 0 Å². The van der Waals surface area contributed by atoms with Gasteiger partial charge in [0, 0.05) is 19.2 Å². The summed E-state index contributed by atoms with van der Waals surface area (Å²) in [6, 6.07) is 1.30. The Morgan fingerprint density at radius 2 is 1.79 bits per heavy atom. The van der Waals surface area contributed by atoms with Gasteiger partial charge in [-0.05, 0) is 25.9 Å². The predicted octanol–water partition coefficient (Wildman–Crippen LogP) is 1.96. The number of nitrogens with zero attached hydrogens (tertiary/aromatic N) is 5. The van der Waals surface area contributed by atoms with Crippen LogP contribution in [-0.2, 0) is 32.4 Å². The highest BCUT2D eigenvalue weighted by molar-refractivity contribution is 5.25. The normalized spacial score (nSPS) is 18.7. The van der Waals surface area contributed by atoms with E-state index >= 15 is 0 Å². The van der Waals surface area contributed by atoms with Gasteiger partial charge in [-0.15, -0.1) is 10.2 Å². The molecule has 1 N–H and O–H groups in total. The molecule has 2 aliphatic heterocycles. The van der Waals surface area contributed by atoms with Gasteiger partial charge in [0.15, 0.2) is 5.76 Å². The maximum absolute atomic E-state index is 13.0. The predicted molar refractivity (Wildman–Crippen MR) is 94.9 cm³/mol. The van der Waals surface area contributed by atoms with E-state index in [0.29, 0.717) is 12.3 Å². The van der Waals surface area contributed by atoms with E-state index in [1.165, 1.54) is 12.5 Å². The number of likely N-dealkylation sites (tertiary alicyclic amines) is 1. The Morgan fingerprint density at radius 3 is 2.52 bits per heavy atom. The van der Waals surface area contributed by atoms with Gasteiger partial charge in [0.25, 0.3) is 0 Å². The van der Waals surface area contributed by atoms with E-state index in [9.17, 15) is 23.1 Å². The Labute approximate surface area is 164 Å². The van der Waals surface area contributed by atoms with Gasteiger partial charge < -0.3 is 14.1 Å². The summed E-state index contributed by atoms with van der Waals surface area (Å²) in [6.45, 7) is 2.92. The molecular formula is C18H22F3N5O3. The lowest BCUT2D eigenvalue weighted by molar-refractivity contribution is -0.148. The molecule has 11 heteroatoms. The number of hydrogen-bond acceptors (Lipinski definition) is 7. The average Bonchev–Trinajstić information content (AvgIpc) is 3.10. The largest absolute Gasteiger partial charge is 0.502 e. The van der Waals surface area contributed by atoms with Crippen LogP contribution in [0.2, 0.25) is 0 Å². The summed E-state index contributed by atoms with van der Waals surface area (Å²) in [5, 5.41) is 17.0. The number of rotatable bonds is 4. The Hall–Kier alpha value is -2.40. The quantitative estimate of drug-likeness (QED) is 0.820. The van der Waals surface area contributed by atoms with Crippen molar-refractivity contribution in [3.05, 3.63) is 39.5 Å². The van der Waals surface area contributed by atoms with Crippen LogP contribution >= 0.6 is 0 Å². The van der Waals surface area contributed by atoms with Crippen molar-refractivity contribution in [2.24, 2.45) is 0 Å². The molecule has 0 radical (unpaired) electrons. The van der Waals surface area contributed by atoms with Crippen LogP contribution in [-0.4, -0.2) is 49.3 Å². The number of piperidine rings is 1. The molecule has 0 aromatic carbocycles. The van der Waals surface area contributed by atoms with Gasteiger partial charge in [0.2, 0.25) is 17.0 Å². The summed E-state index contributed by atoms with van der Waals surface area (Å²) < 4.78 is 45.7. The maximum Gasteiger partial charge on any atom is 0.451 e. The zero-order chi connectivity index (χ0) is 20.6. The number of aromatic hydroxyl groups is 1. The van der Waals surface area contributed by atoms with E-state index in [2.05, 4.69) is 15.1 Å². The van der Waals surface area contributed by atoms with E-state index in [0.717, 1.165) is 30.5 Å². The maximum atomic E-state index is 13.0. The summed E-state index contributed by atoms with van der Waals surface area (Å²) in [6.07, 6.45) is -1.16. The molecular weight excluding hydrogens is 391 g/mol. The molecule has 2 aliphatic rings. The third kappa shape index (κ3) is 4.30. The van der Waals surface area contributed by atoms with Gasteiger partial charge in [0.05, 0.1) is 19.6 Å². The van der Waals surface area contributed by atoms with Crippen LogP contribution in [0.5, 0.6) is 5.75 Å². The topological polar surface area (TPSA) is 87.6 Å². The zero-order valence-corrected chi connectivity index (χ0v) is 15.8. The van der Waals surface area contributed by atoms with Crippen LogP contribution in [0.4, 0.5) is 13.2 Å². The monoisotopic (exact) mass is 413 g/mol. The molecule has 0 aliphatic carbocycles. The first kappa shape index (κ1) is 19.9. The minimum Gasteiger partial charge on any atom is -0.502 e. The highest BCUT2D eigenvalue weighted by Crippen LogP contribution is 2.30. The lowest BCUT2D eigenvalue weighted by Crippen LogP contribution is -2.35. The molecule has 158 valence electrons. The fourth-order valence-corrected chi connectivity index (χ4v) is 3.87. The van der Waals surface area contributed by atoms with Crippen LogP contribution in [0.25, 0.3) is 0 Å². The summed E-state index contributed by atoms with van der Waals surface area (Å²) in [5.41, 5.74) is -0.516. The molecule has 0 saturated carbocycles. The highest BCUT2D eigenvalue weighted by atomic mass is 19.4. The first-order valence-electron chi connectivity index (χ1n) is 9.60. The molecule has 29 heavy (non-hydrogen) atoms. The van der Waals surface area contributed by atoms with E-state index in [1.807, 2.05) is 0 Å². The molecule has 2 aromatic rings. The Kier molecular flexibility index (Phi) is 5.34. The van der Waals surface area contributed by atoms with Crippen LogP contribution < -0.4 is 5.43 Å². The highest BCUT2D eigenvalue weighted by Gasteiger charge is 2.39. The lowest BCUT2D eigenvalue weighted by Gasteiger charge is -2.28. The number of hydrogen-bond donors (Lipinski definition) is 1. The Morgan fingerprint density at radius 1 is 1.03 bits per heavy atom. The molecule has 0 amide bonds. The van der Waals surface area contributed by atoms with Crippen molar-refractivity contribution in [1.82, 2.24) is 24.6 Å². The van der Waals surface area contributed by atoms with Crippen molar-refractivity contribution in [2.45, 2.75) is 51.6 Å². The lowest BCUT2D eigenvalue weighted by atomic mass is 10.1. The molecule has 0 unspecified atom stereocenters. The van der Waals surface area contributed by atoms with Crippen LogP contribution in [0.3, 0.4) is 0 Å². The smallest absolute Gasteiger partial charge is 0.451 e. The number of fused-ring (bicyclic) bond motifs is 1. The van der Waals surface area contributed by atoms with Gasteiger partial charge in [-0.3, -0.25) is 14.6 Å². The fourth-order valence-electron chi connectivity index (χ4n) is 3.87. The Balaban J connectivity index is 1.49. The summed E-state index contributed by atoms with van der Waals surface area (Å²) >= 11 is 0. The van der Waals surface area contributed by atoms with Crippen molar-refractivity contribution in [3.63, 3.8) is 0 Å². The summed E-state index contributed by atoms with van der Waals surface area (Å²) in [4.78, 5) is 16.1. The second kappa shape index (κ2) is 7.79. The third-order valence-electron chi connectivity index (χ3n) is 5.33. The molecule has 0 bridgehead atoms. The molecule has 0 atom stereocenters. The van der Waals surface area contributed by atoms with Crippen LogP contribution in [0, 0.1) is 0 Å². The summed E-state index contributed by atoms with van der Waals surface area (Å²) in [7, 11) is 0. The second-order valence-electron chi connectivity index (χ2n) is 7.49. The Bertz CT molecular complexity index is 934. The molecule has 4 rings (SSSR count).